The maximum atomic E-state index is 14.3. The topological polar surface area (TPSA) is 242 Å². The second-order valence-electron chi connectivity index (χ2n) is 19.9. The summed E-state index contributed by atoms with van der Waals surface area (Å²) in [6.45, 7) is 4.60. The van der Waals surface area contributed by atoms with Crippen molar-refractivity contribution >= 4 is 35.4 Å². The van der Waals surface area contributed by atoms with Crippen LogP contribution in [0.4, 0.5) is 0 Å². The number of aromatic nitrogens is 6. The minimum absolute atomic E-state index is 0.0716. The van der Waals surface area contributed by atoms with Gasteiger partial charge in [-0.2, -0.15) is 0 Å². The monoisotopic (exact) mass is 989 g/mol. The fourth-order valence-electron chi connectivity index (χ4n) is 10.8. The first-order valence-electron chi connectivity index (χ1n) is 26.0. The first-order valence-corrected chi connectivity index (χ1v) is 26.0. The molecular weight excluding hydrogens is 917 g/mol. The van der Waals surface area contributed by atoms with Crippen LogP contribution in [-0.2, 0) is 41.9 Å². The van der Waals surface area contributed by atoms with Crippen LogP contribution in [0.15, 0.2) is 73.1 Å². The molecule has 20 nitrogen and oxygen atoms in total. The lowest BCUT2D eigenvalue weighted by Crippen LogP contribution is -2.58. The highest BCUT2D eigenvalue weighted by Gasteiger charge is 2.46. The molecule has 4 saturated heterocycles. The van der Waals surface area contributed by atoms with Gasteiger partial charge >= 0.3 is 0 Å². The van der Waals surface area contributed by atoms with Gasteiger partial charge in [0.05, 0.1) is 36.6 Å². The molecule has 6 amide bonds. The molecule has 72 heavy (non-hydrogen) atoms. The Bertz CT molecular complexity index is 2310. The zero-order valence-corrected chi connectivity index (χ0v) is 42.0. The number of unbranched alkanes of at least 4 members (excludes halogenated alkanes) is 1. The molecule has 4 fully saturated rings. The summed E-state index contributed by atoms with van der Waals surface area (Å²) in [6, 6.07) is 14.2. The zero-order valence-electron chi connectivity index (χ0n) is 42.0. The highest BCUT2D eigenvalue weighted by molar-refractivity contribution is 5.95. The first kappa shape index (κ1) is 51.8. The first-order chi connectivity index (χ1) is 34.9. The van der Waals surface area contributed by atoms with Crippen molar-refractivity contribution in [3.05, 3.63) is 95.6 Å². The standard InChI is InChI=1S/C52H72N14O6/c1-33(53-3)47(67)55-39-23-13-11-21-37-25-27-43(65(37)51(39)71)49(69)57-45(35-17-7-5-8-18-35)41-31-63(61-59-41)29-15-16-30-64-32-42(60-62-64)46(36-19-9-6-10-20-36)58-50(70)44-28-26-38-22-12-14-24-40(52(72)66(38)44)56-48(68)34(2)54-4/h5-10,17-20,31-34,37-40,43-46,53-54H,11-16,21-30H2,1-4H3,(H,55,67)(H,56,68)(H,57,69)(H,58,70)/t33-,34-,37?,38?,39-,40-,43-,44-,45-,46-/m0/s1. The summed E-state index contributed by atoms with van der Waals surface area (Å²) in [5.74, 6) is -1.45. The molecule has 2 aromatic heterocycles. The lowest BCUT2D eigenvalue weighted by Gasteiger charge is -2.36. The second kappa shape index (κ2) is 24.3. The average molecular weight is 989 g/mol. The number of carbonyl (C=O) groups is 6. The number of aryl methyl sites for hydroxylation is 2. The largest absolute Gasteiger partial charge is 0.343 e. The summed E-state index contributed by atoms with van der Waals surface area (Å²) in [5.41, 5.74) is 2.80. The molecule has 0 spiro atoms. The maximum Gasteiger partial charge on any atom is 0.246 e. The number of hydrogen-bond donors (Lipinski definition) is 6. The Balaban J connectivity index is 0.892. The molecule has 20 heteroatoms. The van der Waals surface area contributed by atoms with Crippen molar-refractivity contribution < 1.29 is 28.8 Å². The van der Waals surface area contributed by atoms with Gasteiger partial charge in [0.15, 0.2) is 0 Å². The molecule has 8 rings (SSSR count). The van der Waals surface area contributed by atoms with Crippen molar-refractivity contribution in [1.29, 1.82) is 0 Å². The zero-order chi connectivity index (χ0) is 50.7. The number of hydrogen-bond acceptors (Lipinski definition) is 12. The SMILES string of the molecule is CN[C@@H](C)C(=O)N[C@H]1CCCCC2CC[C@@H](C(=O)N[C@@H](c3ccccc3)c3cn(CCCCn4cc([C@@H](NC(=O)[C@@H]5CCC6CCCC[C@H](NC(=O)[C@H](C)NC)C(=O)N65)c5ccccc5)nn4)nn3)N2C1=O. The molecule has 0 saturated carbocycles. The number of likely N-dealkylation sites (N-methyl/N-ethyl adjacent to an activating group) is 2. The van der Waals surface area contributed by atoms with Gasteiger partial charge in [0.2, 0.25) is 35.4 Å². The van der Waals surface area contributed by atoms with Crippen molar-refractivity contribution in [3.8, 4) is 0 Å². The van der Waals surface area contributed by atoms with E-state index in [4.69, 9.17) is 0 Å². The Labute approximate surface area is 421 Å². The van der Waals surface area contributed by atoms with Gasteiger partial charge < -0.3 is 41.7 Å². The molecule has 2 unspecified atom stereocenters. The van der Waals surface area contributed by atoms with Gasteiger partial charge in [0.1, 0.15) is 35.6 Å². The van der Waals surface area contributed by atoms with E-state index in [-0.39, 0.29) is 47.5 Å². The van der Waals surface area contributed by atoms with E-state index in [0.29, 0.717) is 63.0 Å². The fourth-order valence-corrected chi connectivity index (χ4v) is 10.8. The predicted molar refractivity (Wildman–Crippen MR) is 267 cm³/mol. The van der Waals surface area contributed by atoms with Gasteiger partial charge in [-0.15, -0.1) is 10.2 Å². The third-order valence-corrected chi connectivity index (χ3v) is 15.1. The highest BCUT2D eigenvalue weighted by Crippen LogP contribution is 2.34. The summed E-state index contributed by atoms with van der Waals surface area (Å²) in [5, 5.41) is 36.1. The van der Waals surface area contributed by atoms with E-state index in [2.05, 4.69) is 52.5 Å². The van der Waals surface area contributed by atoms with Gasteiger partial charge in [-0.25, -0.2) is 0 Å². The number of nitrogens with one attached hydrogen (secondary N) is 6. The molecule has 4 aliphatic rings. The molecule has 0 aliphatic carbocycles. The summed E-state index contributed by atoms with van der Waals surface area (Å²) in [4.78, 5) is 86.0. The Morgan fingerprint density at radius 3 is 1.33 bits per heavy atom. The van der Waals surface area contributed by atoms with Crippen molar-refractivity contribution in [1.82, 2.24) is 71.7 Å². The van der Waals surface area contributed by atoms with E-state index in [1.54, 1.807) is 47.1 Å². The average Bonchev–Trinajstić information content (AvgIpc) is 4.24. The van der Waals surface area contributed by atoms with Gasteiger partial charge in [0.25, 0.3) is 0 Å². The van der Waals surface area contributed by atoms with Crippen molar-refractivity contribution in [2.75, 3.05) is 14.1 Å². The summed E-state index contributed by atoms with van der Waals surface area (Å²) in [6.07, 6.45) is 13.8. The maximum absolute atomic E-state index is 14.3. The molecule has 0 radical (unpaired) electrons. The number of nitrogens with zero attached hydrogens (tertiary/aromatic N) is 8. The summed E-state index contributed by atoms with van der Waals surface area (Å²) >= 11 is 0. The number of fused-ring (bicyclic) bond motifs is 2. The van der Waals surface area contributed by atoms with Gasteiger partial charge in [0, 0.05) is 25.2 Å². The van der Waals surface area contributed by atoms with Crippen molar-refractivity contribution in [2.24, 2.45) is 0 Å². The number of amides is 6. The van der Waals surface area contributed by atoms with Crippen LogP contribution in [0.25, 0.3) is 0 Å². The third kappa shape index (κ3) is 12.2. The number of rotatable bonds is 19. The van der Waals surface area contributed by atoms with Crippen LogP contribution in [0.2, 0.25) is 0 Å². The minimum Gasteiger partial charge on any atom is -0.343 e. The smallest absolute Gasteiger partial charge is 0.246 e. The predicted octanol–water partition coefficient (Wildman–Crippen LogP) is 2.81. The van der Waals surface area contributed by atoms with E-state index in [9.17, 15) is 28.8 Å². The third-order valence-electron chi connectivity index (χ3n) is 15.1. The molecule has 6 N–H and O–H groups in total. The highest BCUT2D eigenvalue weighted by atomic mass is 16.2. The summed E-state index contributed by atoms with van der Waals surface area (Å²) < 4.78 is 3.53. The Kier molecular flexibility index (Phi) is 17.4. The van der Waals surface area contributed by atoms with E-state index in [1.807, 2.05) is 73.1 Å². The molecular formula is C52H72N14O6. The van der Waals surface area contributed by atoms with Crippen LogP contribution in [0, 0.1) is 0 Å². The van der Waals surface area contributed by atoms with Gasteiger partial charge in [-0.1, -0.05) is 96.8 Å². The Hall–Kier alpha value is -6.54. The van der Waals surface area contributed by atoms with Crippen LogP contribution < -0.4 is 31.9 Å². The normalized spacial score (nSPS) is 24.1. The van der Waals surface area contributed by atoms with Crippen molar-refractivity contribution in [3.63, 3.8) is 0 Å². The Morgan fingerprint density at radius 1 is 0.556 bits per heavy atom. The minimum atomic E-state index is -0.696. The van der Waals surface area contributed by atoms with Crippen LogP contribution in [0.3, 0.4) is 0 Å². The molecule has 6 heterocycles. The quantitative estimate of drug-likeness (QED) is 0.0744. The second-order valence-corrected chi connectivity index (χ2v) is 19.9. The number of benzene rings is 2. The molecule has 4 aromatic rings. The van der Waals surface area contributed by atoms with Crippen LogP contribution >= 0.6 is 0 Å². The Morgan fingerprint density at radius 2 is 0.944 bits per heavy atom. The molecule has 2 aromatic carbocycles. The van der Waals surface area contributed by atoms with Gasteiger partial charge in [-0.3, -0.25) is 38.1 Å². The van der Waals surface area contributed by atoms with Gasteiger partial charge in [-0.05, 0) is 103 Å². The van der Waals surface area contributed by atoms with E-state index < -0.39 is 48.3 Å². The van der Waals surface area contributed by atoms with E-state index in [0.717, 1.165) is 62.5 Å². The lowest BCUT2D eigenvalue weighted by atomic mass is 9.98. The summed E-state index contributed by atoms with van der Waals surface area (Å²) in [7, 11) is 3.40. The molecule has 386 valence electrons. The van der Waals surface area contributed by atoms with Crippen molar-refractivity contribution in [2.45, 2.75) is 177 Å². The van der Waals surface area contributed by atoms with E-state index >= 15 is 0 Å². The molecule has 10 atom stereocenters. The molecule has 0 bridgehead atoms. The number of carbonyl (C=O) groups excluding carboxylic acids is 6. The van der Waals surface area contributed by atoms with E-state index in [1.165, 1.54) is 0 Å². The lowest BCUT2D eigenvalue weighted by molar-refractivity contribution is -0.144. The van der Waals surface area contributed by atoms with Crippen LogP contribution in [0.1, 0.15) is 138 Å². The van der Waals surface area contributed by atoms with Crippen LogP contribution in [0.5, 0.6) is 0 Å². The fraction of sp³-hybridized carbons (Fsp3) is 0.577. The van der Waals surface area contributed by atoms with Crippen LogP contribution in [-0.4, -0.2) is 138 Å². The molecule has 4 aliphatic heterocycles.